The van der Waals surface area contributed by atoms with Crippen LogP contribution in [0.25, 0.3) is 5.57 Å². The molecule has 0 saturated carbocycles. The number of hydrogen-bond acceptors (Lipinski definition) is 5. The zero-order valence-corrected chi connectivity index (χ0v) is 17.1. The van der Waals surface area contributed by atoms with Crippen LogP contribution in [0.5, 0.6) is 0 Å². The number of hydrogen-bond donors (Lipinski definition) is 1. The van der Waals surface area contributed by atoms with E-state index >= 15 is 0 Å². The minimum Gasteiger partial charge on any atom is -0.378 e. The van der Waals surface area contributed by atoms with Gasteiger partial charge in [0.05, 0.1) is 18.9 Å². The average molecular weight is 401 g/mol. The summed E-state index contributed by atoms with van der Waals surface area (Å²) in [6, 6.07) is 0. The van der Waals surface area contributed by atoms with Crippen molar-refractivity contribution >= 4 is 23.2 Å². The van der Waals surface area contributed by atoms with Crippen LogP contribution in [0.15, 0.2) is 30.2 Å². The van der Waals surface area contributed by atoms with Crippen LogP contribution < -0.4 is 5.32 Å². The minimum absolute atomic E-state index is 0.0228. The lowest BCUT2D eigenvalue weighted by Crippen LogP contribution is -2.41. The lowest BCUT2D eigenvalue weighted by molar-refractivity contribution is 0.0297. The molecule has 0 bridgehead atoms. The molecule has 28 heavy (non-hydrogen) atoms. The maximum Gasteiger partial charge on any atom is 0.274 e. The van der Waals surface area contributed by atoms with E-state index in [4.69, 9.17) is 9.84 Å². The molecule has 0 radical (unpaired) electrons. The molecule has 2 fully saturated rings. The van der Waals surface area contributed by atoms with Gasteiger partial charge in [0, 0.05) is 41.4 Å². The molecule has 1 N–H and O–H groups in total. The number of allylic oxidation sites excluding steroid dienone is 3. The van der Waals surface area contributed by atoms with E-state index < -0.39 is 0 Å². The Kier molecular flexibility index (Phi) is 6.04. The number of rotatable bonds is 5. The minimum atomic E-state index is 0.0228. The van der Waals surface area contributed by atoms with E-state index in [0.29, 0.717) is 37.9 Å². The number of carbonyl (C=O) groups is 1. The molecular formula is C21H28N4O2S. The molecule has 0 unspecified atom stereocenters. The largest absolute Gasteiger partial charge is 0.378 e. The van der Waals surface area contributed by atoms with Crippen molar-refractivity contribution in [2.45, 2.75) is 25.1 Å². The van der Waals surface area contributed by atoms with Crippen LogP contribution >= 0.6 is 11.8 Å². The van der Waals surface area contributed by atoms with Crippen LogP contribution in [0.3, 0.4) is 0 Å². The van der Waals surface area contributed by atoms with Crippen LogP contribution in [0.2, 0.25) is 0 Å². The normalized spacial score (nSPS) is 20.8. The SMILES string of the molecule is C=CC1=C(C=C)c2c(c(C(=O)N3CCOCC3)nn2CC2CCNCC2)CS1. The lowest BCUT2D eigenvalue weighted by atomic mass is 9.97. The number of thioether (sulfide) groups is 1. The highest BCUT2D eigenvalue weighted by atomic mass is 32.2. The second-order valence-corrected chi connectivity index (χ2v) is 8.45. The molecule has 0 aromatic carbocycles. The van der Waals surface area contributed by atoms with Crippen molar-refractivity contribution in [3.63, 3.8) is 0 Å². The fraction of sp³-hybridized carbons (Fsp3) is 0.524. The summed E-state index contributed by atoms with van der Waals surface area (Å²) < 4.78 is 7.47. The molecule has 6 nitrogen and oxygen atoms in total. The third kappa shape index (κ3) is 3.71. The van der Waals surface area contributed by atoms with Crippen LogP contribution in [-0.2, 0) is 17.0 Å². The summed E-state index contributed by atoms with van der Waals surface area (Å²) in [5, 5.41) is 8.28. The summed E-state index contributed by atoms with van der Waals surface area (Å²) in [7, 11) is 0. The van der Waals surface area contributed by atoms with Gasteiger partial charge in [0.25, 0.3) is 5.91 Å². The second kappa shape index (κ2) is 8.68. The van der Waals surface area contributed by atoms with Gasteiger partial charge in [-0.2, -0.15) is 5.10 Å². The quantitative estimate of drug-likeness (QED) is 0.824. The Morgan fingerprint density at radius 2 is 2.00 bits per heavy atom. The van der Waals surface area contributed by atoms with Gasteiger partial charge in [-0.25, -0.2) is 0 Å². The van der Waals surface area contributed by atoms with Gasteiger partial charge in [0.2, 0.25) is 0 Å². The van der Waals surface area contributed by atoms with E-state index in [1.807, 2.05) is 17.1 Å². The molecule has 4 rings (SSSR count). The van der Waals surface area contributed by atoms with Crippen molar-refractivity contribution in [2.24, 2.45) is 5.92 Å². The third-order valence-corrected chi connectivity index (χ3v) is 6.85. The monoisotopic (exact) mass is 400 g/mol. The highest BCUT2D eigenvalue weighted by Gasteiger charge is 2.32. The molecule has 3 aliphatic rings. The lowest BCUT2D eigenvalue weighted by Gasteiger charge is -2.26. The van der Waals surface area contributed by atoms with Crippen molar-refractivity contribution in [1.29, 1.82) is 0 Å². The molecule has 1 amide bonds. The van der Waals surface area contributed by atoms with Gasteiger partial charge in [-0.15, -0.1) is 11.8 Å². The van der Waals surface area contributed by atoms with E-state index in [2.05, 4.69) is 23.2 Å². The topological polar surface area (TPSA) is 59.4 Å². The number of aromatic nitrogens is 2. The standard InChI is InChI=1S/C21H28N4O2S/c1-3-16-18(4-2)28-14-17-19(21(26)24-9-11-27-12-10-24)23-25(20(16)17)13-15-5-7-22-8-6-15/h3-4,15,22H,1-2,5-14H2. The molecule has 0 aliphatic carbocycles. The van der Waals surface area contributed by atoms with Gasteiger partial charge < -0.3 is 15.0 Å². The number of nitrogens with one attached hydrogen (secondary N) is 1. The predicted molar refractivity (Wildman–Crippen MR) is 113 cm³/mol. The van der Waals surface area contributed by atoms with E-state index in [1.165, 1.54) is 0 Å². The van der Waals surface area contributed by atoms with Crippen molar-refractivity contribution in [3.8, 4) is 0 Å². The van der Waals surface area contributed by atoms with E-state index in [1.54, 1.807) is 11.8 Å². The van der Waals surface area contributed by atoms with E-state index in [-0.39, 0.29) is 5.91 Å². The van der Waals surface area contributed by atoms with Crippen LogP contribution in [-0.4, -0.2) is 60.0 Å². The number of piperidine rings is 1. The maximum atomic E-state index is 13.2. The summed E-state index contributed by atoms with van der Waals surface area (Å²) in [4.78, 5) is 16.2. The fourth-order valence-corrected chi connectivity index (χ4v) is 5.20. The highest BCUT2D eigenvalue weighted by Crippen LogP contribution is 2.41. The number of carbonyl (C=O) groups excluding carboxylic acids is 1. The second-order valence-electron chi connectivity index (χ2n) is 7.43. The molecule has 3 aliphatic heterocycles. The third-order valence-electron chi connectivity index (χ3n) is 5.72. The number of fused-ring (bicyclic) bond motifs is 1. The molecule has 4 heterocycles. The molecule has 1 aromatic rings. The van der Waals surface area contributed by atoms with Gasteiger partial charge >= 0.3 is 0 Å². The van der Waals surface area contributed by atoms with Gasteiger partial charge in [-0.3, -0.25) is 9.48 Å². The summed E-state index contributed by atoms with van der Waals surface area (Å²) >= 11 is 1.71. The molecule has 0 atom stereocenters. The maximum absolute atomic E-state index is 13.2. The summed E-state index contributed by atoms with van der Waals surface area (Å²) in [5.41, 5.74) is 3.74. The summed E-state index contributed by atoms with van der Waals surface area (Å²) in [6.45, 7) is 13.4. The molecule has 7 heteroatoms. The Bertz CT molecular complexity index is 802. The zero-order valence-electron chi connectivity index (χ0n) is 16.3. The smallest absolute Gasteiger partial charge is 0.274 e. The number of morpholine rings is 1. The van der Waals surface area contributed by atoms with Crippen molar-refractivity contribution in [1.82, 2.24) is 20.0 Å². The Balaban J connectivity index is 1.73. The first-order chi connectivity index (χ1) is 13.7. The molecule has 150 valence electrons. The number of ether oxygens (including phenoxy) is 1. The first-order valence-electron chi connectivity index (χ1n) is 10.0. The number of nitrogens with zero attached hydrogens (tertiary/aromatic N) is 3. The molecule has 0 spiro atoms. The van der Waals surface area contributed by atoms with Crippen LogP contribution in [0, 0.1) is 5.92 Å². The van der Waals surface area contributed by atoms with E-state index in [0.717, 1.165) is 60.0 Å². The zero-order chi connectivity index (χ0) is 19.5. The van der Waals surface area contributed by atoms with Crippen molar-refractivity contribution in [2.75, 3.05) is 39.4 Å². The summed E-state index contributed by atoms with van der Waals surface area (Å²) in [5.74, 6) is 1.34. The van der Waals surface area contributed by atoms with Gasteiger partial charge in [-0.1, -0.05) is 25.3 Å². The van der Waals surface area contributed by atoms with Crippen LogP contribution in [0.1, 0.15) is 34.6 Å². The van der Waals surface area contributed by atoms with Crippen LogP contribution in [0.4, 0.5) is 0 Å². The van der Waals surface area contributed by atoms with Crippen molar-refractivity contribution in [3.05, 3.63) is 47.2 Å². The highest BCUT2D eigenvalue weighted by molar-refractivity contribution is 8.02. The molecular weight excluding hydrogens is 372 g/mol. The average Bonchev–Trinajstić information content (AvgIpc) is 3.12. The van der Waals surface area contributed by atoms with Gasteiger partial charge in [-0.05, 0) is 31.8 Å². The molecule has 2 saturated heterocycles. The number of amides is 1. The van der Waals surface area contributed by atoms with Gasteiger partial charge in [0.15, 0.2) is 5.69 Å². The van der Waals surface area contributed by atoms with Gasteiger partial charge in [0.1, 0.15) is 0 Å². The summed E-state index contributed by atoms with van der Waals surface area (Å²) in [6.07, 6.45) is 6.04. The first kappa shape index (κ1) is 19.5. The Hall–Kier alpha value is -1.83. The van der Waals surface area contributed by atoms with Crippen molar-refractivity contribution < 1.29 is 9.53 Å². The first-order valence-corrected chi connectivity index (χ1v) is 11.0. The molecule has 1 aromatic heterocycles. The van der Waals surface area contributed by atoms with E-state index in [9.17, 15) is 4.79 Å². The Labute approximate surface area is 170 Å². The Morgan fingerprint density at radius 1 is 1.25 bits per heavy atom. The Morgan fingerprint density at radius 3 is 2.68 bits per heavy atom. The fourth-order valence-electron chi connectivity index (χ4n) is 4.18. The predicted octanol–water partition coefficient (Wildman–Crippen LogP) is 2.69.